The molecule has 2 fully saturated rings. The zero-order valence-corrected chi connectivity index (χ0v) is 16.0. The van der Waals surface area contributed by atoms with Crippen LogP contribution in [0.2, 0.25) is 0 Å². The number of rotatable bonds is 3. The van der Waals surface area contributed by atoms with Gasteiger partial charge in [-0.1, -0.05) is 6.08 Å². The predicted octanol–water partition coefficient (Wildman–Crippen LogP) is 4.58. The standard InChI is InChI=1S/C16H23IO4S/c1-19-16(20-2)13-7-8-14(16)12-9-10(21-15(18)22-17)5-3-4-6-11(12)13/h3,5,10-14H,4,6-9H2,1-2H3/b5-3+. The number of carbonyl (C=O) groups is 1. The maximum atomic E-state index is 11.6. The second kappa shape index (κ2) is 6.99. The molecule has 0 amide bonds. The minimum absolute atomic E-state index is 0.117. The van der Waals surface area contributed by atoms with E-state index in [0.29, 0.717) is 23.7 Å². The lowest BCUT2D eigenvalue weighted by Gasteiger charge is -2.33. The van der Waals surface area contributed by atoms with Crippen LogP contribution < -0.4 is 0 Å². The monoisotopic (exact) mass is 438 g/mol. The fourth-order valence-corrected chi connectivity index (χ4v) is 5.69. The van der Waals surface area contributed by atoms with Gasteiger partial charge in [-0.3, -0.25) is 0 Å². The van der Waals surface area contributed by atoms with E-state index in [-0.39, 0.29) is 11.4 Å². The second-order valence-electron chi connectivity index (χ2n) is 6.47. The molecule has 22 heavy (non-hydrogen) atoms. The lowest BCUT2D eigenvalue weighted by Crippen LogP contribution is -2.40. The summed E-state index contributed by atoms with van der Waals surface area (Å²) in [5, 5.41) is -0.208. The van der Waals surface area contributed by atoms with Crippen molar-refractivity contribution in [3.05, 3.63) is 12.2 Å². The zero-order chi connectivity index (χ0) is 15.7. The molecule has 3 aliphatic rings. The van der Waals surface area contributed by atoms with Gasteiger partial charge in [-0.2, -0.15) is 0 Å². The van der Waals surface area contributed by atoms with Gasteiger partial charge >= 0.3 is 5.30 Å². The highest BCUT2D eigenvalue weighted by Gasteiger charge is 2.64. The highest BCUT2D eigenvalue weighted by Crippen LogP contribution is 2.62. The van der Waals surface area contributed by atoms with Gasteiger partial charge in [0.2, 0.25) is 0 Å². The third kappa shape index (κ3) is 2.74. The Morgan fingerprint density at radius 3 is 2.50 bits per heavy atom. The molecule has 0 aromatic heterocycles. The zero-order valence-electron chi connectivity index (χ0n) is 13.0. The molecule has 5 unspecified atom stereocenters. The van der Waals surface area contributed by atoms with E-state index < -0.39 is 5.79 Å². The van der Waals surface area contributed by atoms with Crippen molar-refractivity contribution in [3.8, 4) is 0 Å². The molecule has 6 heteroatoms. The van der Waals surface area contributed by atoms with Crippen LogP contribution in [-0.2, 0) is 14.2 Å². The van der Waals surface area contributed by atoms with Crippen molar-refractivity contribution >= 4 is 35.4 Å². The molecule has 0 N–H and O–H groups in total. The Morgan fingerprint density at radius 2 is 1.86 bits per heavy atom. The van der Waals surface area contributed by atoms with Crippen molar-refractivity contribution in [2.75, 3.05) is 14.2 Å². The highest BCUT2D eigenvalue weighted by atomic mass is 127. The van der Waals surface area contributed by atoms with E-state index in [0.717, 1.165) is 28.2 Å². The van der Waals surface area contributed by atoms with Crippen LogP contribution in [-0.4, -0.2) is 31.4 Å². The van der Waals surface area contributed by atoms with E-state index in [1.165, 1.54) is 12.8 Å². The first-order chi connectivity index (χ1) is 10.7. The molecule has 2 saturated carbocycles. The van der Waals surface area contributed by atoms with Crippen LogP contribution in [0.4, 0.5) is 4.79 Å². The van der Waals surface area contributed by atoms with Crippen LogP contribution in [0.5, 0.6) is 0 Å². The number of hydrogen-bond donors (Lipinski definition) is 0. The average Bonchev–Trinajstić information content (AvgIpc) is 2.99. The molecular weight excluding hydrogens is 415 g/mol. The summed E-state index contributed by atoms with van der Waals surface area (Å²) in [6, 6.07) is 0. The van der Waals surface area contributed by atoms with Crippen LogP contribution >= 0.6 is 30.1 Å². The summed E-state index contributed by atoms with van der Waals surface area (Å²) in [7, 11) is 4.65. The van der Waals surface area contributed by atoms with Crippen LogP contribution in [0.3, 0.4) is 0 Å². The Morgan fingerprint density at radius 1 is 1.18 bits per heavy atom. The molecule has 0 saturated heterocycles. The normalized spacial score (nSPS) is 40.6. The third-order valence-electron chi connectivity index (χ3n) is 5.88. The first kappa shape index (κ1) is 17.0. The molecule has 0 aromatic rings. The highest BCUT2D eigenvalue weighted by molar-refractivity contribution is 14.2. The van der Waals surface area contributed by atoms with E-state index in [1.54, 1.807) is 14.2 Å². The molecule has 124 valence electrons. The minimum Gasteiger partial charge on any atom is -0.449 e. The third-order valence-corrected chi connectivity index (χ3v) is 7.18. The minimum atomic E-state index is -0.424. The van der Waals surface area contributed by atoms with E-state index in [4.69, 9.17) is 14.2 Å². The van der Waals surface area contributed by atoms with Gasteiger partial charge in [0.05, 0.1) is 0 Å². The summed E-state index contributed by atoms with van der Waals surface area (Å²) < 4.78 is 17.4. The number of hydrogen-bond acceptors (Lipinski definition) is 5. The van der Waals surface area contributed by atoms with Gasteiger partial charge in [0, 0.05) is 56.2 Å². The molecule has 4 nitrogen and oxygen atoms in total. The SMILES string of the molecule is COC1(OC)C2CCC1C1CC(OC(=O)SI)/C=C/CCC12. The molecule has 2 bridgehead atoms. The summed E-state index contributed by atoms with van der Waals surface area (Å²) >= 11 is 1.97. The Bertz CT molecular complexity index is 451. The Kier molecular flexibility index (Phi) is 5.41. The van der Waals surface area contributed by atoms with Crippen LogP contribution in [0, 0.1) is 23.7 Å². The first-order valence-corrected chi connectivity index (χ1v) is 11.3. The lowest BCUT2D eigenvalue weighted by atomic mass is 9.73. The van der Waals surface area contributed by atoms with Crippen molar-refractivity contribution in [1.82, 2.24) is 0 Å². The number of methoxy groups -OCH3 is 2. The van der Waals surface area contributed by atoms with E-state index in [1.807, 2.05) is 21.2 Å². The Labute approximate surface area is 148 Å². The van der Waals surface area contributed by atoms with Crippen molar-refractivity contribution in [1.29, 1.82) is 0 Å². The van der Waals surface area contributed by atoms with Gasteiger partial charge in [0.1, 0.15) is 6.10 Å². The number of halogens is 1. The summed E-state index contributed by atoms with van der Waals surface area (Å²) in [6.07, 6.45) is 9.56. The molecular formula is C16H23IO4S. The molecule has 0 spiro atoms. The van der Waals surface area contributed by atoms with Crippen molar-refractivity contribution < 1.29 is 19.0 Å². The number of ether oxygens (including phenoxy) is 3. The molecule has 0 radical (unpaired) electrons. The predicted molar refractivity (Wildman–Crippen MR) is 94.8 cm³/mol. The Hall–Kier alpha value is 0.210. The van der Waals surface area contributed by atoms with Crippen molar-refractivity contribution in [3.63, 3.8) is 0 Å². The van der Waals surface area contributed by atoms with Gasteiger partial charge in [-0.15, -0.1) is 0 Å². The lowest BCUT2D eigenvalue weighted by molar-refractivity contribution is -0.239. The molecule has 0 heterocycles. The van der Waals surface area contributed by atoms with Gasteiger partial charge in [0.25, 0.3) is 0 Å². The molecule has 3 rings (SSSR count). The largest absolute Gasteiger partial charge is 0.449 e. The fourth-order valence-electron chi connectivity index (χ4n) is 5.21. The van der Waals surface area contributed by atoms with Crippen LogP contribution in [0.15, 0.2) is 12.2 Å². The maximum Gasteiger partial charge on any atom is 0.378 e. The van der Waals surface area contributed by atoms with Crippen LogP contribution in [0.25, 0.3) is 0 Å². The number of allylic oxidation sites excluding steroid dienone is 1. The smallest absolute Gasteiger partial charge is 0.378 e. The number of fused-ring (bicyclic) bond motifs is 5. The fraction of sp³-hybridized carbons (Fsp3) is 0.812. The Balaban J connectivity index is 1.82. The summed E-state index contributed by atoms with van der Waals surface area (Å²) in [5.41, 5.74) is 0. The van der Waals surface area contributed by atoms with E-state index in [9.17, 15) is 4.79 Å². The maximum absolute atomic E-state index is 11.6. The van der Waals surface area contributed by atoms with Crippen LogP contribution in [0.1, 0.15) is 32.1 Å². The summed E-state index contributed by atoms with van der Waals surface area (Å²) in [5.74, 6) is 1.58. The molecule has 5 atom stereocenters. The van der Waals surface area contributed by atoms with Gasteiger partial charge in [0.15, 0.2) is 5.79 Å². The summed E-state index contributed by atoms with van der Waals surface area (Å²) in [4.78, 5) is 11.6. The topological polar surface area (TPSA) is 44.8 Å². The van der Waals surface area contributed by atoms with Gasteiger partial charge < -0.3 is 14.2 Å². The van der Waals surface area contributed by atoms with Gasteiger partial charge in [-0.05, 0) is 50.0 Å². The van der Waals surface area contributed by atoms with Gasteiger partial charge in [-0.25, -0.2) is 4.79 Å². The quantitative estimate of drug-likeness (QED) is 0.280. The number of carbonyl (C=O) groups excluding carboxylic acids is 1. The van der Waals surface area contributed by atoms with E-state index >= 15 is 0 Å². The van der Waals surface area contributed by atoms with E-state index in [2.05, 4.69) is 12.2 Å². The average molecular weight is 438 g/mol. The molecule has 3 aliphatic carbocycles. The van der Waals surface area contributed by atoms with Crippen molar-refractivity contribution in [2.24, 2.45) is 23.7 Å². The molecule has 0 aromatic carbocycles. The first-order valence-electron chi connectivity index (χ1n) is 7.92. The van der Waals surface area contributed by atoms with Crippen molar-refractivity contribution in [2.45, 2.75) is 44.0 Å². The summed E-state index contributed by atoms with van der Waals surface area (Å²) in [6.45, 7) is 0. The molecule has 0 aliphatic heterocycles. The second-order valence-corrected chi connectivity index (χ2v) is 8.28.